The minimum Gasteiger partial charge on any atom is -0.394 e. The van der Waals surface area contributed by atoms with Crippen molar-refractivity contribution in [1.82, 2.24) is 10.1 Å². The molecule has 2 aromatic heterocycles. The van der Waals surface area contributed by atoms with Crippen LogP contribution in [0.3, 0.4) is 0 Å². The van der Waals surface area contributed by atoms with Gasteiger partial charge < -0.3 is 10.3 Å². The molecular formula is C8H6FN3O. The van der Waals surface area contributed by atoms with Gasteiger partial charge in [-0.2, -0.15) is 4.39 Å². The van der Waals surface area contributed by atoms with Crippen LogP contribution < -0.4 is 5.73 Å². The summed E-state index contributed by atoms with van der Waals surface area (Å²) in [4.78, 5) is 3.47. The van der Waals surface area contributed by atoms with Gasteiger partial charge in [-0.15, -0.1) is 0 Å². The average Bonchev–Trinajstić information content (AvgIpc) is 2.52. The number of nitrogens with zero attached hydrogens (tertiary/aromatic N) is 2. The molecule has 0 aromatic carbocycles. The summed E-state index contributed by atoms with van der Waals surface area (Å²) in [5.41, 5.74) is 6.01. The lowest BCUT2D eigenvalue weighted by molar-refractivity contribution is 0.429. The molecule has 66 valence electrons. The highest BCUT2D eigenvalue weighted by Gasteiger charge is 2.12. The summed E-state index contributed by atoms with van der Waals surface area (Å²) < 4.78 is 17.9. The zero-order valence-electron chi connectivity index (χ0n) is 6.57. The summed E-state index contributed by atoms with van der Waals surface area (Å²) in [5.74, 6) is -0.406. The maximum Gasteiger partial charge on any atom is 0.224 e. The van der Waals surface area contributed by atoms with E-state index in [0.29, 0.717) is 5.69 Å². The molecule has 13 heavy (non-hydrogen) atoms. The molecule has 0 atom stereocenters. The van der Waals surface area contributed by atoms with Crippen molar-refractivity contribution in [3.8, 4) is 11.3 Å². The van der Waals surface area contributed by atoms with Crippen molar-refractivity contribution in [3.63, 3.8) is 0 Å². The first-order valence-corrected chi connectivity index (χ1v) is 3.60. The third-order valence-electron chi connectivity index (χ3n) is 1.60. The van der Waals surface area contributed by atoms with Crippen LogP contribution in [0, 0.1) is 5.95 Å². The van der Waals surface area contributed by atoms with Crippen molar-refractivity contribution in [1.29, 1.82) is 0 Å². The van der Waals surface area contributed by atoms with Gasteiger partial charge in [-0.25, -0.2) is 4.98 Å². The summed E-state index contributed by atoms with van der Waals surface area (Å²) in [6, 6.07) is 3.12. The number of aromatic nitrogens is 2. The smallest absolute Gasteiger partial charge is 0.224 e. The van der Waals surface area contributed by atoms with Crippen LogP contribution in [0.25, 0.3) is 11.3 Å². The van der Waals surface area contributed by atoms with Gasteiger partial charge in [-0.05, 0) is 12.1 Å². The molecule has 0 radical (unpaired) electrons. The second kappa shape index (κ2) is 2.85. The lowest BCUT2D eigenvalue weighted by Gasteiger charge is -1.96. The SMILES string of the molecule is Nc1cnoc1-c1cccnc1F. The van der Waals surface area contributed by atoms with Gasteiger partial charge in [0.1, 0.15) is 5.69 Å². The highest BCUT2D eigenvalue weighted by Crippen LogP contribution is 2.26. The van der Waals surface area contributed by atoms with Crippen LogP contribution >= 0.6 is 0 Å². The van der Waals surface area contributed by atoms with Gasteiger partial charge in [0.2, 0.25) is 5.95 Å². The molecule has 5 heteroatoms. The maximum atomic E-state index is 13.1. The number of hydrogen-bond acceptors (Lipinski definition) is 4. The minimum atomic E-state index is -0.619. The van der Waals surface area contributed by atoms with Crippen molar-refractivity contribution in [2.45, 2.75) is 0 Å². The van der Waals surface area contributed by atoms with E-state index in [1.807, 2.05) is 0 Å². The molecule has 2 aromatic rings. The van der Waals surface area contributed by atoms with E-state index in [1.54, 1.807) is 6.07 Å². The van der Waals surface area contributed by atoms with Crippen molar-refractivity contribution < 1.29 is 8.91 Å². The Morgan fingerprint density at radius 1 is 1.46 bits per heavy atom. The number of anilines is 1. The Balaban J connectivity index is 2.59. The van der Waals surface area contributed by atoms with E-state index in [1.165, 1.54) is 18.5 Å². The second-order valence-electron chi connectivity index (χ2n) is 2.45. The second-order valence-corrected chi connectivity index (χ2v) is 2.45. The predicted molar refractivity (Wildman–Crippen MR) is 44.1 cm³/mol. The molecule has 0 amide bonds. The number of pyridine rings is 1. The molecule has 2 N–H and O–H groups in total. The standard InChI is InChI=1S/C8H6FN3O/c9-8-5(2-1-3-11-8)7-6(10)4-12-13-7/h1-4H,10H2. The van der Waals surface area contributed by atoms with E-state index in [0.717, 1.165) is 0 Å². The molecule has 0 aliphatic carbocycles. The molecule has 0 aliphatic rings. The lowest BCUT2D eigenvalue weighted by Crippen LogP contribution is -1.89. The number of nitrogens with two attached hydrogens (primary N) is 1. The average molecular weight is 179 g/mol. The minimum absolute atomic E-state index is 0.214. The molecule has 0 saturated heterocycles. The molecule has 0 spiro atoms. The fourth-order valence-electron chi connectivity index (χ4n) is 1.01. The van der Waals surface area contributed by atoms with Gasteiger partial charge in [0.05, 0.1) is 11.8 Å². The van der Waals surface area contributed by atoms with Gasteiger partial charge in [0.15, 0.2) is 5.76 Å². The van der Waals surface area contributed by atoms with Crippen LogP contribution in [0.5, 0.6) is 0 Å². The highest BCUT2D eigenvalue weighted by molar-refractivity contribution is 5.69. The number of halogens is 1. The van der Waals surface area contributed by atoms with Gasteiger partial charge >= 0.3 is 0 Å². The third kappa shape index (κ3) is 1.24. The van der Waals surface area contributed by atoms with Gasteiger partial charge in [0, 0.05) is 6.20 Å². The first-order valence-electron chi connectivity index (χ1n) is 3.60. The van der Waals surface area contributed by atoms with Crippen LogP contribution in [-0.4, -0.2) is 10.1 Å². The zero-order valence-corrected chi connectivity index (χ0v) is 6.57. The Hall–Kier alpha value is -1.91. The Morgan fingerprint density at radius 2 is 2.31 bits per heavy atom. The molecule has 2 rings (SSSR count). The Kier molecular flexibility index (Phi) is 1.70. The first-order chi connectivity index (χ1) is 6.29. The van der Waals surface area contributed by atoms with Crippen molar-refractivity contribution in [2.24, 2.45) is 0 Å². The van der Waals surface area contributed by atoms with Gasteiger partial charge in [-0.3, -0.25) is 0 Å². The van der Waals surface area contributed by atoms with Crippen LogP contribution in [0.2, 0.25) is 0 Å². The quantitative estimate of drug-likeness (QED) is 0.673. The summed E-state index contributed by atoms with van der Waals surface area (Å²) in [6.07, 6.45) is 2.67. The van der Waals surface area contributed by atoms with Crippen LogP contribution in [-0.2, 0) is 0 Å². The maximum absolute atomic E-state index is 13.1. The van der Waals surface area contributed by atoms with Crippen LogP contribution in [0.15, 0.2) is 29.0 Å². The molecule has 0 fully saturated rings. The fourth-order valence-corrected chi connectivity index (χ4v) is 1.01. The van der Waals surface area contributed by atoms with Crippen molar-refractivity contribution in [2.75, 3.05) is 5.73 Å². The molecule has 4 nitrogen and oxygen atoms in total. The van der Waals surface area contributed by atoms with E-state index >= 15 is 0 Å². The first kappa shape index (κ1) is 7.72. The molecule has 0 unspecified atom stereocenters. The van der Waals surface area contributed by atoms with Crippen LogP contribution in [0.1, 0.15) is 0 Å². The van der Waals surface area contributed by atoms with E-state index in [-0.39, 0.29) is 11.3 Å². The summed E-state index contributed by atoms with van der Waals surface area (Å²) in [6.45, 7) is 0. The van der Waals surface area contributed by atoms with Crippen molar-refractivity contribution in [3.05, 3.63) is 30.5 Å². The normalized spacial score (nSPS) is 10.2. The monoisotopic (exact) mass is 179 g/mol. The van der Waals surface area contributed by atoms with E-state index < -0.39 is 5.95 Å². The zero-order chi connectivity index (χ0) is 9.26. The summed E-state index contributed by atoms with van der Waals surface area (Å²) in [5, 5.41) is 3.44. The Bertz CT molecular complexity index is 427. The molecule has 0 saturated carbocycles. The number of nitrogen functional groups attached to an aromatic ring is 1. The fraction of sp³-hybridized carbons (Fsp3) is 0. The topological polar surface area (TPSA) is 64.9 Å². The van der Waals surface area contributed by atoms with Crippen LogP contribution in [0.4, 0.5) is 10.1 Å². The van der Waals surface area contributed by atoms with Gasteiger partial charge in [-0.1, -0.05) is 5.16 Å². The largest absolute Gasteiger partial charge is 0.394 e. The predicted octanol–water partition coefficient (Wildman–Crippen LogP) is 1.46. The number of hydrogen-bond donors (Lipinski definition) is 1. The summed E-state index contributed by atoms with van der Waals surface area (Å²) in [7, 11) is 0. The Labute approximate surface area is 73.2 Å². The molecule has 0 bridgehead atoms. The lowest BCUT2D eigenvalue weighted by atomic mass is 10.2. The third-order valence-corrected chi connectivity index (χ3v) is 1.60. The van der Waals surface area contributed by atoms with E-state index in [4.69, 9.17) is 10.3 Å². The molecule has 0 aliphatic heterocycles. The molecular weight excluding hydrogens is 173 g/mol. The molecule has 2 heterocycles. The van der Waals surface area contributed by atoms with E-state index in [9.17, 15) is 4.39 Å². The summed E-state index contributed by atoms with van der Waals surface area (Å²) >= 11 is 0. The van der Waals surface area contributed by atoms with Crippen molar-refractivity contribution >= 4 is 5.69 Å². The van der Waals surface area contributed by atoms with Gasteiger partial charge in [0.25, 0.3) is 0 Å². The highest BCUT2D eigenvalue weighted by atomic mass is 19.1. The Morgan fingerprint density at radius 3 is 2.92 bits per heavy atom. The number of rotatable bonds is 1. The van der Waals surface area contributed by atoms with E-state index in [2.05, 4.69) is 10.1 Å².